The molecule has 1 heterocycles. The van der Waals surface area contributed by atoms with Crippen LogP contribution in [-0.2, 0) is 12.8 Å². The molecular weight excluding hydrogens is 415 g/mol. The number of guanidine groups is 1. The van der Waals surface area contributed by atoms with Crippen LogP contribution in [0.5, 0.6) is 0 Å². The molecule has 1 aromatic carbocycles. The first-order valence-electron chi connectivity index (χ1n) is 8.00. The van der Waals surface area contributed by atoms with E-state index in [9.17, 15) is 0 Å². The van der Waals surface area contributed by atoms with Crippen molar-refractivity contribution in [2.75, 3.05) is 23.7 Å². The lowest BCUT2D eigenvalue weighted by Crippen LogP contribution is -2.25. The molecule has 0 unspecified atom stereocenters. The van der Waals surface area contributed by atoms with Crippen molar-refractivity contribution in [3.63, 3.8) is 0 Å². The lowest BCUT2D eigenvalue weighted by molar-refractivity contribution is 0.687. The van der Waals surface area contributed by atoms with Crippen LogP contribution in [0, 0.1) is 0 Å². The van der Waals surface area contributed by atoms with Crippen LogP contribution < -0.4 is 16.4 Å². The Bertz CT molecular complexity index is 674. The Labute approximate surface area is 159 Å². The molecule has 0 amide bonds. The predicted octanol–water partition coefficient (Wildman–Crippen LogP) is 2.81. The number of nitrogens with one attached hydrogen (secondary N) is 2. The standard InChI is InChI=1S/C17H22N6.HI/c18-17(22-11-10-21-16-12-19-8-9-20-16)23-15-7-3-5-13-4-1-2-6-14(13)15;/h3,5,7-9,12H,1-2,4,6,10-11H2,(H,20,21)(H3,18,22,23);1H. The van der Waals surface area contributed by atoms with Crippen molar-refractivity contribution in [3.8, 4) is 0 Å². The van der Waals surface area contributed by atoms with Gasteiger partial charge in [-0.1, -0.05) is 12.1 Å². The summed E-state index contributed by atoms with van der Waals surface area (Å²) in [6, 6.07) is 6.36. The molecule has 1 aromatic heterocycles. The van der Waals surface area contributed by atoms with Gasteiger partial charge in [-0.25, -0.2) is 4.98 Å². The van der Waals surface area contributed by atoms with Crippen molar-refractivity contribution < 1.29 is 0 Å². The lowest BCUT2D eigenvalue weighted by atomic mass is 9.90. The van der Waals surface area contributed by atoms with Gasteiger partial charge in [0, 0.05) is 24.6 Å². The monoisotopic (exact) mass is 438 g/mol. The molecule has 1 aliphatic carbocycles. The number of hydrogen-bond donors (Lipinski definition) is 3. The third-order valence-electron chi connectivity index (χ3n) is 3.92. The average molecular weight is 438 g/mol. The van der Waals surface area contributed by atoms with Crippen LogP contribution in [0.25, 0.3) is 0 Å². The van der Waals surface area contributed by atoms with Gasteiger partial charge >= 0.3 is 0 Å². The summed E-state index contributed by atoms with van der Waals surface area (Å²) in [6.07, 6.45) is 9.76. The molecule has 1 aliphatic rings. The molecule has 2 aromatic rings. The first kappa shape index (κ1) is 18.4. The molecule has 6 nitrogen and oxygen atoms in total. The van der Waals surface area contributed by atoms with E-state index in [1.165, 1.54) is 24.0 Å². The molecule has 24 heavy (non-hydrogen) atoms. The minimum Gasteiger partial charge on any atom is -0.370 e. The number of anilines is 2. The Morgan fingerprint density at radius 1 is 1.21 bits per heavy atom. The van der Waals surface area contributed by atoms with E-state index in [1.54, 1.807) is 18.6 Å². The van der Waals surface area contributed by atoms with Crippen molar-refractivity contribution in [2.45, 2.75) is 25.7 Å². The molecule has 0 bridgehead atoms. The van der Waals surface area contributed by atoms with E-state index in [2.05, 4.69) is 43.8 Å². The summed E-state index contributed by atoms with van der Waals surface area (Å²) < 4.78 is 0. The first-order valence-corrected chi connectivity index (χ1v) is 8.00. The molecule has 0 spiro atoms. The summed E-state index contributed by atoms with van der Waals surface area (Å²) in [5.41, 5.74) is 9.90. The van der Waals surface area contributed by atoms with Crippen LogP contribution in [-0.4, -0.2) is 29.0 Å². The minimum absolute atomic E-state index is 0. The molecule has 3 rings (SSSR count). The molecule has 7 heteroatoms. The van der Waals surface area contributed by atoms with Gasteiger partial charge in [-0.2, -0.15) is 0 Å². The SMILES string of the molecule is I.NC(=NCCNc1cnccn1)Nc1cccc2c1CCCC2. The summed E-state index contributed by atoms with van der Waals surface area (Å²) in [7, 11) is 0. The summed E-state index contributed by atoms with van der Waals surface area (Å²) in [6.45, 7) is 1.23. The topological polar surface area (TPSA) is 88.2 Å². The van der Waals surface area contributed by atoms with Crippen LogP contribution in [0.1, 0.15) is 24.0 Å². The molecule has 0 saturated carbocycles. The maximum absolute atomic E-state index is 6.00. The number of rotatable bonds is 5. The van der Waals surface area contributed by atoms with E-state index in [-0.39, 0.29) is 24.0 Å². The molecule has 0 aliphatic heterocycles. The third kappa shape index (κ3) is 5.05. The molecule has 128 valence electrons. The zero-order valence-corrected chi connectivity index (χ0v) is 15.9. The van der Waals surface area contributed by atoms with Gasteiger partial charge in [0.05, 0.1) is 12.7 Å². The summed E-state index contributed by atoms with van der Waals surface area (Å²) >= 11 is 0. The highest BCUT2D eigenvalue weighted by Gasteiger charge is 2.12. The van der Waals surface area contributed by atoms with Gasteiger partial charge in [-0.3, -0.25) is 9.98 Å². The third-order valence-corrected chi connectivity index (χ3v) is 3.92. The van der Waals surface area contributed by atoms with Gasteiger partial charge < -0.3 is 16.4 Å². The van der Waals surface area contributed by atoms with E-state index in [4.69, 9.17) is 5.73 Å². The van der Waals surface area contributed by atoms with Crippen molar-refractivity contribution >= 4 is 41.4 Å². The first-order chi connectivity index (χ1) is 11.3. The normalized spacial score (nSPS) is 13.6. The van der Waals surface area contributed by atoms with Crippen LogP contribution >= 0.6 is 24.0 Å². The average Bonchev–Trinajstić information content (AvgIpc) is 2.60. The smallest absolute Gasteiger partial charge is 0.193 e. The highest BCUT2D eigenvalue weighted by Crippen LogP contribution is 2.27. The second-order valence-electron chi connectivity index (χ2n) is 5.56. The number of aryl methyl sites for hydroxylation is 1. The zero-order chi connectivity index (χ0) is 15.9. The van der Waals surface area contributed by atoms with E-state index in [1.807, 2.05) is 0 Å². The van der Waals surface area contributed by atoms with Crippen molar-refractivity contribution in [1.29, 1.82) is 0 Å². The van der Waals surface area contributed by atoms with Crippen molar-refractivity contribution in [1.82, 2.24) is 9.97 Å². The zero-order valence-electron chi connectivity index (χ0n) is 13.5. The van der Waals surface area contributed by atoms with Gasteiger partial charge in [0.25, 0.3) is 0 Å². The fourth-order valence-electron chi connectivity index (χ4n) is 2.83. The maximum atomic E-state index is 6.00. The Morgan fingerprint density at radius 3 is 2.92 bits per heavy atom. The number of nitrogens with two attached hydrogens (primary N) is 1. The molecule has 0 atom stereocenters. The lowest BCUT2D eigenvalue weighted by Gasteiger charge is -2.19. The Kier molecular flexibility index (Phi) is 7.23. The van der Waals surface area contributed by atoms with E-state index >= 15 is 0 Å². The van der Waals surface area contributed by atoms with Crippen LogP contribution in [0.4, 0.5) is 11.5 Å². The van der Waals surface area contributed by atoms with Crippen molar-refractivity contribution in [3.05, 3.63) is 47.9 Å². The Hall–Kier alpha value is -1.90. The van der Waals surface area contributed by atoms with E-state index < -0.39 is 0 Å². The maximum Gasteiger partial charge on any atom is 0.193 e. The van der Waals surface area contributed by atoms with E-state index in [0.717, 1.165) is 24.3 Å². The fraction of sp³-hybridized carbons (Fsp3) is 0.353. The van der Waals surface area contributed by atoms with Crippen LogP contribution in [0.15, 0.2) is 41.8 Å². The number of fused-ring (bicyclic) bond motifs is 1. The van der Waals surface area contributed by atoms with Gasteiger partial charge in [0.1, 0.15) is 5.82 Å². The number of benzene rings is 1. The molecule has 4 N–H and O–H groups in total. The van der Waals surface area contributed by atoms with Gasteiger partial charge in [0.15, 0.2) is 5.96 Å². The highest BCUT2D eigenvalue weighted by molar-refractivity contribution is 14.0. The Morgan fingerprint density at radius 2 is 2.08 bits per heavy atom. The number of nitrogens with zero attached hydrogens (tertiary/aromatic N) is 3. The molecule has 0 radical (unpaired) electrons. The highest BCUT2D eigenvalue weighted by atomic mass is 127. The van der Waals surface area contributed by atoms with Crippen molar-refractivity contribution in [2.24, 2.45) is 10.7 Å². The molecule has 0 saturated heterocycles. The summed E-state index contributed by atoms with van der Waals surface area (Å²) in [5.74, 6) is 1.19. The second kappa shape index (κ2) is 9.41. The number of halogens is 1. The number of aromatic nitrogens is 2. The van der Waals surface area contributed by atoms with Crippen LogP contribution in [0.2, 0.25) is 0 Å². The Balaban J connectivity index is 0.00000208. The molecule has 0 fully saturated rings. The molecular formula is C17H23IN6. The van der Waals surface area contributed by atoms with Gasteiger partial charge in [-0.05, 0) is 42.9 Å². The quantitative estimate of drug-likeness (QED) is 0.289. The minimum atomic E-state index is 0. The number of aliphatic imine (C=N–C) groups is 1. The van der Waals surface area contributed by atoms with Crippen LogP contribution in [0.3, 0.4) is 0 Å². The van der Waals surface area contributed by atoms with Gasteiger partial charge in [0.2, 0.25) is 0 Å². The van der Waals surface area contributed by atoms with E-state index in [0.29, 0.717) is 19.0 Å². The summed E-state index contributed by atoms with van der Waals surface area (Å²) in [5, 5.41) is 6.39. The summed E-state index contributed by atoms with van der Waals surface area (Å²) in [4.78, 5) is 12.5. The predicted molar refractivity (Wildman–Crippen MR) is 109 cm³/mol. The fourth-order valence-corrected chi connectivity index (χ4v) is 2.83. The largest absolute Gasteiger partial charge is 0.370 e. The number of hydrogen-bond acceptors (Lipinski definition) is 4. The van der Waals surface area contributed by atoms with Gasteiger partial charge in [-0.15, -0.1) is 24.0 Å². The second-order valence-corrected chi connectivity index (χ2v) is 5.56.